The summed E-state index contributed by atoms with van der Waals surface area (Å²) < 4.78 is 5.37. The van der Waals surface area contributed by atoms with Crippen LogP contribution in [0, 0.1) is 0 Å². The van der Waals surface area contributed by atoms with Gasteiger partial charge in [0.25, 0.3) is 0 Å². The van der Waals surface area contributed by atoms with Crippen molar-refractivity contribution < 1.29 is 9.53 Å². The molecule has 2 aromatic carbocycles. The summed E-state index contributed by atoms with van der Waals surface area (Å²) in [5, 5.41) is 5.74. The van der Waals surface area contributed by atoms with Gasteiger partial charge in [-0.1, -0.05) is 48.5 Å². The average Bonchev–Trinajstić information content (AvgIpc) is 2.55. The zero-order chi connectivity index (χ0) is 14.7. The highest BCUT2D eigenvalue weighted by molar-refractivity contribution is 5.88. The van der Waals surface area contributed by atoms with Crippen LogP contribution in [0.2, 0.25) is 0 Å². The summed E-state index contributed by atoms with van der Waals surface area (Å²) in [5.41, 5.74) is 2.71. The van der Waals surface area contributed by atoms with Crippen molar-refractivity contribution in [2.24, 2.45) is 0 Å². The summed E-state index contributed by atoms with van der Waals surface area (Å²) in [6.07, 6.45) is 1.99. The Morgan fingerprint density at radius 1 is 1.00 bits per heavy atom. The molecule has 0 bridgehead atoms. The van der Waals surface area contributed by atoms with Crippen LogP contribution < -0.4 is 15.4 Å². The molecule has 1 aliphatic heterocycles. The number of ether oxygens (including phenoxy) is 1. The second-order valence-electron chi connectivity index (χ2n) is 4.76. The van der Waals surface area contributed by atoms with E-state index in [1.807, 2.05) is 60.7 Å². The minimum absolute atomic E-state index is 0.216. The van der Waals surface area contributed by atoms with E-state index < -0.39 is 0 Å². The first-order chi connectivity index (χ1) is 10.3. The molecule has 0 saturated heterocycles. The van der Waals surface area contributed by atoms with Gasteiger partial charge >= 0.3 is 6.03 Å². The number of carbonyl (C=O) groups is 1. The first-order valence-corrected chi connectivity index (χ1v) is 6.75. The monoisotopic (exact) mass is 280 g/mol. The highest BCUT2D eigenvalue weighted by atomic mass is 16.5. The minimum Gasteiger partial charge on any atom is -0.496 e. The van der Waals surface area contributed by atoms with Gasteiger partial charge < -0.3 is 15.4 Å². The van der Waals surface area contributed by atoms with Crippen molar-refractivity contribution in [3.8, 4) is 5.75 Å². The van der Waals surface area contributed by atoms with E-state index in [0.717, 1.165) is 22.6 Å². The van der Waals surface area contributed by atoms with Gasteiger partial charge in [-0.2, -0.15) is 0 Å². The number of amides is 2. The summed E-state index contributed by atoms with van der Waals surface area (Å²) in [7, 11) is 1.63. The van der Waals surface area contributed by atoms with Gasteiger partial charge in [-0.3, -0.25) is 0 Å². The summed E-state index contributed by atoms with van der Waals surface area (Å²) in [5.74, 6) is 0.758. The molecule has 21 heavy (non-hydrogen) atoms. The third kappa shape index (κ3) is 2.74. The van der Waals surface area contributed by atoms with Gasteiger partial charge in [0.2, 0.25) is 0 Å². The lowest BCUT2D eigenvalue weighted by Crippen LogP contribution is -2.40. The zero-order valence-electron chi connectivity index (χ0n) is 11.7. The molecule has 1 atom stereocenters. The van der Waals surface area contributed by atoms with E-state index in [4.69, 9.17) is 4.74 Å². The van der Waals surface area contributed by atoms with Crippen LogP contribution in [0.3, 0.4) is 0 Å². The Morgan fingerprint density at radius 3 is 2.48 bits per heavy atom. The van der Waals surface area contributed by atoms with Gasteiger partial charge in [-0.15, -0.1) is 0 Å². The molecule has 0 fully saturated rings. The fourth-order valence-electron chi connectivity index (χ4n) is 2.43. The lowest BCUT2D eigenvalue weighted by Gasteiger charge is -2.25. The molecule has 106 valence electrons. The molecule has 3 rings (SSSR count). The van der Waals surface area contributed by atoms with Gasteiger partial charge in [-0.25, -0.2) is 4.79 Å². The van der Waals surface area contributed by atoms with E-state index in [2.05, 4.69) is 10.6 Å². The zero-order valence-corrected chi connectivity index (χ0v) is 11.7. The predicted molar refractivity (Wildman–Crippen MR) is 81.8 cm³/mol. The Balaban J connectivity index is 2.01. The fraction of sp³-hybridized carbons (Fsp3) is 0.118. The lowest BCUT2D eigenvalue weighted by atomic mass is 10.0. The molecule has 2 N–H and O–H groups in total. The van der Waals surface area contributed by atoms with Crippen molar-refractivity contribution >= 4 is 11.7 Å². The van der Waals surface area contributed by atoms with Crippen LogP contribution in [0.25, 0.3) is 5.70 Å². The van der Waals surface area contributed by atoms with Gasteiger partial charge in [0.1, 0.15) is 5.75 Å². The molecule has 0 aliphatic carbocycles. The molecule has 0 unspecified atom stereocenters. The molecule has 1 aliphatic rings. The summed E-state index contributed by atoms with van der Waals surface area (Å²) in [4.78, 5) is 11.9. The quantitative estimate of drug-likeness (QED) is 0.907. The summed E-state index contributed by atoms with van der Waals surface area (Å²) >= 11 is 0. The summed E-state index contributed by atoms with van der Waals surface area (Å²) in [6, 6.07) is 17.0. The molecule has 0 saturated carbocycles. The number of urea groups is 1. The Labute approximate surface area is 123 Å². The smallest absolute Gasteiger partial charge is 0.319 e. The molecule has 2 aromatic rings. The van der Waals surface area contributed by atoms with Crippen LogP contribution in [0.15, 0.2) is 60.7 Å². The Morgan fingerprint density at radius 2 is 1.71 bits per heavy atom. The van der Waals surface area contributed by atoms with Gasteiger partial charge in [0.05, 0.1) is 13.2 Å². The van der Waals surface area contributed by atoms with Crippen LogP contribution in [-0.4, -0.2) is 13.1 Å². The average molecular weight is 280 g/mol. The number of para-hydroxylation sites is 1. The topological polar surface area (TPSA) is 50.4 Å². The number of methoxy groups -OCH3 is 1. The Kier molecular flexibility index (Phi) is 3.60. The van der Waals surface area contributed by atoms with Gasteiger partial charge in [-0.05, 0) is 17.7 Å². The molecule has 1 heterocycles. The van der Waals surface area contributed by atoms with Crippen molar-refractivity contribution in [3.05, 3.63) is 71.8 Å². The van der Waals surface area contributed by atoms with Gasteiger partial charge in [0, 0.05) is 11.3 Å². The number of hydrogen-bond acceptors (Lipinski definition) is 2. The van der Waals surface area contributed by atoms with Crippen LogP contribution in [0.1, 0.15) is 17.2 Å². The molecular formula is C17H16N2O2. The van der Waals surface area contributed by atoms with Crippen molar-refractivity contribution in [2.45, 2.75) is 6.04 Å². The number of hydrogen-bond donors (Lipinski definition) is 2. The highest BCUT2D eigenvalue weighted by Crippen LogP contribution is 2.29. The second kappa shape index (κ2) is 5.71. The van der Waals surface area contributed by atoms with E-state index in [9.17, 15) is 4.79 Å². The van der Waals surface area contributed by atoms with E-state index in [0.29, 0.717) is 0 Å². The second-order valence-corrected chi connectivity index (χ2v) is 4.76. The minimum atomic E-state index is -0.217. The first-order valence-electron chi connectivity index (χ1n) is 6.75. The maximum Gasteiger partial charge on any atom is 0.319 e. The maximum atomic E-state index is 11.9. The maximum absolute atomic E-state index is 11.9. The third-order valence-corrected chi connectivity index (χ3v) is 3.43. The van der Waals surface area contributed by atoms with Crippen molar-refractivity contribution in [2.75, 3.05) is 7.11 Å². The van der Waals surface area contributed by atoms with Crippen LogP contribution in [0.5, 0.6) is 5.75 Å². The van der Waals surface area contributed by atoms with Crippen molar-refractivity contribution in [1.29, 1.82) is 0 Å². The number of benzene rings is 2. The SMILES string of the molecule is COc1ccccc1[C@H]1C=C(c2ccccc2)NC(=O)N1. The van der Waals surface area contributed by atoms with Crippen molar-refractivity contribution in [1.82, 2.24) is 10.6 Å². The molecule has 0 spiro atoms. The van der Waals surface area contributed by atoms with Crippen LogP contribution >= 0.6 is 0 Å². The van der Waals surface area contributed by atoms with E-state index in [-0.39, 0.29) is 12.1 Å². The van der Waals surface area contributed by atoms with Gasteiger partial charge in [0.15, 0.2) is 0 Å². The van der Waals surface area contributed by atoms with Crippen LogP contribution in [0.4, 0.5) is 4.79 Å². The Hall–Kier alpha value is -2.75. The number of nitrogens with one attached hydrogen (secondary N) is 2. The van der Waals surface area contributed by atoms with E-state index >= 15 is 0 Å². The highest BCUT2D eigenvalue weighted by Gasteiger charge is 2.22. The lowest BCUT2D eigenvalue weighted by molar-refractivity contribution is 0.241. The third-order valence-electron chi connectivity index (χ3n) is 3.43. The normalized spacial score (nSPS) is 17.5. The molecule has 2 amide bonds. The molecule has 4 nitrogen and oxygen atoms in total. The largest absolute Gasteiger partial charge is 0.496 e. The standard InChI is InChI=1S/C17H16N2O2/c1-21-16-10-6-5-9-13(16)15-11-14(18-17(20)19-15)12-7-3-2-4-8-12/h2-11,15H,1H3,(H2,18,19,20)/t15-/m1/s1. The van der Waals surface area contributed by atoms with E-state index in [1.54, 1.807) is 7.11 Å². The van der Waals surface area contributed by atoms with E-state index in [1.165, 1.54) is 0 Å². The summed E-state index contributed by atoms with van der Waals surface area (Å²) in [6.45, 7) is 0. The first kappa shape index (κ1) is 13.2. The number of rotatable bonds is 3. The molecular weight excluding hydrogens is 264 g/mol. The fourth-order valence-corrected chi connectivity index (χ4v) is 2.43. The van der Waals surface area contributed by atoms with Crippen LogP contribution in [-0.2, 0) is 0 Å². The Bertz CT molecular complexity index is 680. The predicted octanol–water partition coefficient (Wildman–Crippen LogP) is 3.09. The molecule has 0 radical (unpaired) electrons. The molecule has 4 heteroatoms. The molecule has 0 aromatic heterocycles. The number of carbonyl (C=O) groups excluding carboxylic acids is 1. The van der Waals surface area contributed by atoms with Crippen molar-refractivity contribution in [3.63, 3.8) is 0 Å².